The van der Waals surface area contributed by atoms with Crippen LogP contribution < -0.4 is 10.6 Å². The molecular weight excluding hydrogens is 490 g/mol. The topological polar surface area (TPSA) is 87.7 Å². The number of benzene rings is 2. The highest BCUT2D eigenvalue weighted by atomic mass is 16.6. The van der Waals surface area contributed by atoms with Gasteiger partial charge in [0.15, 0.2) is 0 Å². The number of rotatable bonds is 8. The van der Waals surface area contributed by atoms with Gasteiger partial charge < -0.3 is 20.3 Å². The molecule has 212 valence electrons. The van der Waals surface area contributed by atoms with Crippen LogP contribution in [0, 0.1) is 19.8 Å². The number of alkyl carbamates (subject to hydrolysis) is 1. The molecule has 3 rings (SSSR count). The molecule has 2 N–H and O–H groups in total. The van der Waals surface area contributed by atoms with Gasteiger partial charge in [0.1, 0.15) is 17.7 Å². The number of carbonyl (C=O) groups is 3. The standard InChI is InChI=1S/C32H45N3O4/c1-20-15-16-24(21(2)17-20)27(28(36)34-31(4,5)6)35(26-18-22(26)3)29(37)25(19-23-13-11-10-12-14-23)33-30(38)39-32(7,8)9/h10-17,22,25-27H,18-19H2,1-9H3,(H,33,38)(H,34,36). The van der Waals surface area contributed by atoms with E-state index in [1.807, 2.05) is 83.1 Å². The highest BCUT2D eigenvalue weighted by Gasteiger charge is 2.48. The van der Waals surface area contributed by atoms with Gasteiger partial charge in [-0.05, 0) is 84.4 Å². The predicted octanol–water partition coefficient (Wildman–Crippen LogP) is 5.63. The van der Waals surface area contributed by atoms with Crippen molar-refractivity contribution >= 4 is 17.9 Å². The van der Waals surface area contributed by atoms with Crippen LogP contribution in [-0.2, 0) is 20.7 Å². The van der Waals surface area contributed by atoms with Crippen molar-refractivity contribution in [1.29, 1.82) is 0 Å². The summed E-state index contributed by atoms with van der Waals surface area (Å²) in [7, 11) is 0. The molecule has 7 heteroatoms. The van der Waals surface area contributed by atoms with Gasteiger partial charge in [-0.1, -0.05) is 61.0 Å². The van der Waals surface area contributed by atoms with E-state index < -0.39 is 29.3 Å². The van der Waals surface area contributed by atoms with E-state index in [9.17, 15) is 14.4 Å². The van der Waals surface area contributed by atoms with Crippen molar-refractivity contribution in [2.45, 2.75) is 104 Å². The van der Waals surface area contributed by atoms with E-state index >= 15 is 0 Å². The summed E-state index contributed by atoms with van der Waals surface area (Å²) in [5, 5.41) is 5.94. The summed E-state index contributed by atoms with van der Waals surface area (Å²) in [6, 6.07) is 13.6. The van der Waals surface area contributed by atoms with Crippen LogP contribution in [0.25, 0.3) is 0 Å². The number of nitrogens with zero attached hydrogens (tertiary/aromatic N) is 1. The molecule has 0 aromatic heterocycles. The third-order valence-electron chi connectivity index (χ3n) is 6.70. The van der Waals surface area contributed by atoms with Gasteiger partial charge in [-0.25, -0.2) is 4.79 Å². The quantitative estimate of drug-likeness (QED) is 0.458. The van der Waals surface area contributed by atoms with Gasteiger partial charge in [0.2, 0.25) is 11.8 Å². The summed E-state index contributed by atoms with van der Waals surface area (Å²) in [6.45, 7) is 17.2. The number of carbonyl (C=O) groups excluding carboxylic acids is 3. The van der Waals surface area contributed by atoms with E-state index in [0.29, 0.717) is 0 Å². The van der Waals surface area contributed by atoms with Crippen molar-refractivity contribution in [3.8, 4) is 0 Å². The smallest absolute Gasteiger partial charge is 0.408 e. The lowest BCUT2D eigenvalue weighted by atomic mass is 9.94. The Morgan fingerprint density at radius 1 is 1.00 bits per heavy atom. The SMILES string of the molecule is Cc1ccc(C(C(=O)NC(C)(C)C)N(C(=O)C(Cc2ccccc2)NC(=O)OC(C)(C)C)C2CC2C)c(C)c1. The molecule has 7 nitrogen and oxygen atoms in total. The maximum atomic E-state index is 14.5. The molecule has 0 heterocycles. The molecule has 3 amide bonds. The summed E-state index contributed by atoms with van der Waals surface area (Å²) < 4.78 is 5.52. The first-order valence-corrected chi connectivity index (χ1v) is 13.8. The van der Waals surface area contributed by atoms with E-state index in [4.69, 9.17) is 4.74 Å². The Hall–Kier alpha value is -3.35. The molecule has 1 aliphatic rings. The molecule has 0 aliphatic heterocycles. The first-order chi connectivity index (χ1) is 18.1. The minimum absolute atomic E-state index is 0.118. The molecule has 0 bridgehead atoms. The lowest BCUT2D eigenvalue weighted by Crippen LogP contribution is -2.56. The van der Waals surface area contributed by atoms with E-state index in [0.717, 1.165) is 28.7 Å². The zero-order valence-corrected chi connectivity index (χ0v) is 24.9. The van der Waals surface area contributed by atoms with Crippen LogP contribution in [0.3, 0.4) is 0 Å². The molecule has 0 saturated heterocycles. The number of ether oxygens (including phenoxy) is 1. The normalized spacial score (nSPS) is 18.5. The fourth-order valence-electron chi connectivity index (χ4n) is 4.84. The van der Waals surface area contributed by atoms with Gasteiger partial charge in [-0.2, -0.15) is 0 Å². The molecule has 39 heavy (non-hydrogen) atoms. The van der Waals surface area contributed by atoms with Crippen molar-refractivity contribution in [3.63, 3.8) is 0 Å². The molecule has 2 aromatic rings. The summed E-state index contributed by atoms with van der Waals surface area (Å²) >= 11 is 0. The zero-order valence-electron chi connectivity index (χ0n) is 24.9. The van der Waals surface area contributed by atoms with Crippen molar-refractivity contribution in [2.24, 2.45) is 5.92 Å². The van der Waals surface area contributed by atoms with Crippen molar-refractivity contribution < 1.29 is 19.1 Å². The van der Waals surface area contributed by atoms with Crippen LogP contribution in [0.15, 0.2) is 48.5 Å². The average Bonchev–Trinajstić information content (AvgIpc) is 3.51. The molecule has 0 spiro atoms. The molecule has 1 saturated carbocycles. The second-order valence-corrected chi connectivity index (χ2v) is 12.9. The van der Waals surface area contributed by atoms with Crippen molar-refractivity contribution in [1.82, 2.24) is 15.5 Å². The van der Waals surface area contributed by atoms with Gasteiger partial charge >= 0.3 is 6.09 Å². The fourth-order valence-corrected chi connectivity index (χ4v) is 4.84. The Morgan fingerprint density at radius 3 is 2.13 bits per heavy atom. The predicted molar refractivity (Wildman–Crippen MR) is 154 cm³/mol. The van der Waals surface area contributed by atoms with Crippen LogP contribution in [0.2, 0.25) is 0 Å². The molecule has 1 fully saturated rings. The number of amides is 3. The Kier molecular flexibility index (Phi) is 9.14. The second kappa shape index (κ2) is 11.8. The van der Waals surface area contributed by atoms with Gasteiger partial charge in [-0.15, -0.1) is 0 Å². The largest absolute Gasteiger partial charge is 0.444 e. The van der Waals surface area contributed by atoms with Crippen LogP contribution >= 0.6 is 0 Å². The van der Waals surface area contributed by atoms with Crippen LogP contribution in [0.5, 0.6) is 0 Å². The lowest BCUT2D eigenvalue weighted by molar-refractivity contribution is -0.144. The van der Waals surface area contributed by atoms with Crippen molar-refractivity contribution in [2.75, 3.05) is 0 Å². The van der Waals surface area contributed by atoms with E-state index in [2.05, 4.69) is 17.6 Å². The molecular formula is C32H45N3O4. The summed E-state index contributed by atoms with van der Waals surface area (Å²) in [4.78, 5) is 43.1. The molecule has 2 aromatic carbocycles. The average molecular weight is 536 g/mol. The Morgan fingerprint density at radius 2 is 1.62 bits per heavy atom. The van der Waals surface area contributed by atoms with Gasteiger partial charge in [-0.3, -0.25) is 9.59 Å². The Bertz CT molecular complexity index is 1180. The molecule has 1 aliphatic carbocycles. The number of aryl methyl sites for hydroxylation is 2. The van der Waals surface area contributed by atoms with E-state index in [-0.39, 0.29) is 30.2 Å². The summed E-state index contributed by atoms with van der Waals surface area (Å²) in [6.07, 6.45) is 0.403. The zero-order chi connectivity index (χ0) is 29.1. The van der Waals surface area contributed by atoms with E-state index in [1.165, 1.54) is 0 Å². The number of nitrogens with one attached hydrogen (secondary N) is 2. The highest BCUT2D eigenvalue weighted by molar-refractivity contribution is 5.93. The van der Waals surface area contributed by atoms with Gasteiger partial charge in [0.25, 0.3) is 0 Å². The third-order valence-corrected chi connectivity index (χ3v) is 6.70. The van der Waals surface area contributed by atoms with E-state index in [1.54, 1.807) is 25.7 Å². The number of hydrogen-bond donors (Lipinski definition) is 2. The number of hydrogen-bond acceptors (Lipinski definition) is 4. The molecule has 4 atom stereocenters. The van der Waals surface area contributed by atoms with Crippen LogP contribution in [0.4, 0.5) is 4.79 Å². The Balaban J connectivity index is 2.08. The maximum absolute atomic E-state index is 14.5. The van der Waals surface area contributed by atoms with Crippen LogP contribution in [-0.4, -0.2) is 46.0 Å². The first kappa shape index (κ1) is 30.2. The van der Waals surface area contributed by atoms with Crippen molar-refractivity contribution in [3.05, 3.63) is 70.8 Å². The highest BCUT2D eigenvalue weighted by Crippen LogP contribution is 2.41. The summed E-state index contributed by atoms with van der Waals surface area (Å²) in [5.74, 6) is -0.297. The fraction of sp³-hybridized carbons (Fsp3) is 0.531. The van der Waals surface area contributed by atoms with Gasteiger partial charge in [0, 0.05) is 18.0 Å². The lowest BCUT2D eigenvalue weighted by Gasteiger charge is -2.37. The second-order valence-electron chi connectivity index (χ2n) is 12.9. The minimum atomic E-state index is -0.911. The molecule has 0 radical (unpaired) electrons. The Labute approximate surface area is 233 Å². The summed E-state index contributed by atoms with van der Waals surface area (Å²) in [5.41, 5.74) is 2.50. The minimum Gasteiger partial charge on any atom is -0.444 e. The maximum Gasteiger partial charge on any atom is 0.408 e. The first-order valence-electron chi connectivity index (χ1n) is 13.8. The van der Waals surface area contributed by atoms with Gasteiger partial charge in [0.05, 0.1) is 0 Å². The third kappa shape index (κ3) is 8.57. The van der Waals surface area contributed by atoms with Crippen LogP contribution in [0.1, 0.15) is 83.2 Å². The molecule has 4 unspecified atom stereocenters. The monoisotopic (exact) mass is 535 g/mol.